The summed E-state index contributed by atoms with van der Waals surface area (Å²) < 4.78 is 83.8. The molecule has 0 radical (unpaired) electrons. The van der Waals surface area contributed by atoms with E-state index in [1.54, 1.807) is 6.92 Å². The molecule has 105 heavy (non-hydrogen) atoms. The van der Waals surface area contributed by atoms with Crippen molar-refractivity contribution in [3.8, 4) is 0 Å². The van der Waals surface area contributed by atoms with Crippen LogP contribution in [0.25, 0.3) is 0 Å². The lowest BCUT2D eigenvalue weighted by molar-refractivity contribution is -0.393. The van der Waals surface area contributed by atoms with Crippen molar-refractivity contribution in [1.29, 1.82) is 0 Å². The van der Waals surface area contributed by atoms with Crippen molar-refractivity contribution in [3.63, 3.8) is 0 Å². The van der Waals surface area contributed by atoms with E-state index in [1.807, 2.05) is 0 Å². The summed E-state index contributed by atoms with van der Waals surface area (Å²) in [4.78, 5) is 15.8. The van der Waals surface area contributed by atoms with E-state index < -0.39 is 305 Å². The second-order valence-electron chi connectivity index (χ2n) is 33.4. The van der Waals surface area contributed by atoms with Gasteiger partial charge >= 0.3 is 5.97 Å². The van der Waals surface area contributed by atoms with Crippen LogP contribution in [0, 0.1) is 50.2 Å². The van der Waals surface area contributed by atoms with Gasteiger partial charge in [0.25, 0.3) is 0 Å². The molecule has 7 heterocycles. The Hall–Kier alpha value is -2.15. The molecule has 0 unspecified atom stereocenters. The summed E-state index contributed by atoms with van der Waals surface area (Å²) >= 11 is 0. The first-order valence-corrected chi connectivity index (χ1v) is 36.7. The summed E-state index contributed by atoms with van der Waals surface area (Å²) in [6.45, 7) is 11.0. The van der Waals surface area contributed by atoms with Gasteiger partial charge in [0.1, 0.15) is 140 Å². The van der Waals surface area contributed by atoms with Gasteiger partial charge in [-0.05, 0) is 105 Å². The predicted octanol–water partition coefficient (Wildman–Crippen LogP) is -7.68. The third kappa shape index (κ3) is 14.2. The first kappa shape index (κ1) is 82.3. The van der Waals surface area contributed by atoms with Crippen LogP contribution in [0.2, 0.25) is 0 Å². The largest absolute Gasteiger partial charge is 0.432 e. The van der Waals surface area contributed by atoms with Crippen LogP contribution in [-0.4, -0.2) is 368 Å². The normalized spacial score (nSPS) is 55.9. The molecule has 0 bridgehead atoms. The maximum absolute atomic E-state index is 15.8. The second-order valence-corrected chi connectivity index (χ2v) is 33.4. The van der Waals surface area contributed by atoms with Crippen molar-refractivity contribution >= 4 is 5.97 Å². The molecule has 12 rings (SSSR count). The van der Waals surface area contributed by atoms with E-state index in [0.717, 1.165) is 5.57 Å². The summed E-state index contributed by atoms with van der Waals surface area (Å²) in [5.41, 5.74) is -4.81. The van der Waals surface area contributed by atoms with E-state index in [2.05, 4.69) is 40.7 Å². The number of ether oxygens (including phenoxy) is 14. The van der Waals surface area contributed by atoms with Crippen molar-refractivity contribution in [2.45, 2.75) is 322 Å². The maximum Gasteiger partial charge on any atom is 0.317 e. The van der Waals surface area contributed by atoms with Gasteiger partial charge in [-0.25, -0.2) is 0 Å². The Labute approximate surface area is 605 Å². The minimum Gasteiger partial charge on any atom is -0.432 e. The molecule has 36 heteroatoms. The molecule has 12 aliphatic rings. The Morgan fingerprint density at radius 1 is 0.448 bits per heavy atom. The Bertz CT molecular complexity index is 2990. The fraction of sp³-hybridized carbons (Fsp3) is 0.957. The van der Waals surface area contributed by atoms with Crippen LogP contribution < -0.4 is 0 Å². The molecule has 5 aliphatic carbocycles. The van der Waals surface area contributed by atoms with E-state index in [4.69, 9.17) is 66.3 Å². The number of esters is 1. The Kier molecular flexibility index (Phi) is 24.3. The van der Waals surface area contributed by atoms with Gasteiger partial charge in [-0.1, -0.05) is 53.2 Å². The van der Waals surface area contributed by atoms with E-state index in [0.29, 0.717) is 32.1 Å². The number of aliphatic hydroxyl groups excluding tert-OH is 21. The molecule has 11 fully saturated rings. The third-order valence-corrected chi connectivity index (χ3v) is 26.6. The van der Waals surface area contributed by atoms with Crippen LogP contribution in [0.15, 0.2) is 11.6 Å². The number of hydrogen-bond donors (Lipinski definition) is 21. The molecule has 0 aromatic heterocycles. The number of carbonyl (C=O) groups is 1. The summed E-state index contributed by atoms with van der Waals surface area (Å²) in [6.07, 6.45) is -55.5. The Morgan fingerprint density at radius 2 is 0.952 bits per heavy atom. The molecule has 21 N–H and O–H groups in total. The predicted molar refractivity (Wildman–Crippen MR) is 344 cm³/mol. The molecule has 0 aromatic rings. The molecule has 0 aromatic carbocycles. The molecule has 0 spiro atoms. The van der Waals surface area contributed by atoms with Gasteiger partial charge in [0.05, 0.1) is 70.2 Å². The highest BCUT2D eigenvalue weighted by molar-refractivity contribution is 5.80. The van der Waals surface area contributed by atoms with Crippen LogP contribution in [0.1, 0.15) is 107 Å². The minimum absolute atomic E-state index is 0.0295. The van der Waals surface area contributed by atoms with Gasteiger partial charge in [0.15, 0.2) is 43.8 Å². The molecule has 7 saturated heterocycles. The fourth-order valence-electron chi connectivity index (χ4n) is 20.3. The van der Waals surface area contributed by atoms with Gasteiger partial charge < -0.3 is 174 Å². The number of rotatable bonds is 17. The molecule has 43 atom stereocenters. The van der Waals surface area contributed by atoms with E-state index >= 15 is 4.79 Å². The topological polar surface area (TPSA) is 571 Å². The number of carbonyl (C=O) groups excluding carboxylic acids is 1. The molecular weight excluding hydrogens is 1400 g/mol. The van der Waals surface area contributed by atoms with E-state index in [9.17, 15) is 107 Å². The third-order valence-electron chi connectivity index (χ3n) is 26.6. The van der Waals surface area contributed by atoms with Crippen molar-refractivity contribution in [3.05, 3.63) is 11.6 Å². The number of fused-ring (bicyclic) bond motifs is 7. The van der Waals surface area contributed by atoms with Gasteiger partial charge in [0.2, 0.25) is 6.29 Å². The highest BCUT2D eigenvalue weighted by Gasteiger charge is 2.74. The summed E-state index contributed by atoms with van der Waals surface area (Å²) in [7, 11) is 0. The lowest BCUT2D eigenvalue weighted by Crippen LogP contribution is -2.71. The quantitative estimate of drug-likeness (QED) is 0.0365. The second kappa shape index (κ2) is 31.0. The van der Waals surface area contributed by atoms with Crippen molar-refractivity contribution in [2.24, 2.45) is 50.2 Å². The lowest BCUT2D eigenvalue weighted by Gasteiger charge is -2.72. The summed E-state index contributed by atoms with van der Waals surface area (Å²) in [6, 6.07) is 0. The molecule has 7 aliphatic heterocycles. The van der Waals surface area contributed by atoms with Crippen LogP contribution in [-0.2, 0) is 71.1 Å². The van der Waals surface area contributed by atoms with E-state index in [1.165, 1.54) is 13.8 Å². The van der Waals surface area contributed by atoms with Crippen LogP contribution in [0.5, 0.6) is 0 Å². The van der Waals surface area contributed by atoms with Crippen LogP contribution >= 0.6 is 0 Å². The zero-order valence-corrected chi connectivity index (χ0v) is 59.9. The summed E-state index contributed by atoms with van der Waals surface area (Å²) in [5.74, 6) is -2.29. The first-order valence-electron chi connectivity index (χ1n) is 36.7. The molecule has 36 nitrogen and oxygen atoms in total. The van der Waals surface area contributed by atoms with Crippen LogP contribution in [0.3, 0.4) is 0 Å². The number of allylic oxidation sites excluding steroid dienone is 2. The average molecular weight is 1520 g/mol. The Balaban J connectivity index is 0.779. The molecular formula is C69H112O36. The lowest BCUT2D eigenvalue weighted by atomic mass is 9.33. The zero-order valence-electron chi connectivity index (χ0n) is 59.9. The van der Waals surface area contributed by atoms with Gasteiger partial charge in [0, 0.05) is 5.41 Å². The van der Waals surface area contributed by atoms with Gasteiger partial charge in [-0.15, -0.1) is 0 Å². The van der Waals surface area contributed by atoms with Gasteiger partial charge in [-0.3, -0.25) is 4.79 Å². The summed E-state index contributed by atoms with van der Waals surface area (Å²) in [5, 5.41) is 234. The molecule has 604 valence electrons. The SMILES string of the molecule is C[C@@H]1O[C@@H](O[C@@H]2[C@@H](O)[C@H](O[C@@H]3[C@@H](O[C@@H]4OC[C@@H](O)[C@H](O)[C@H]4O)[C@@H](O)[C@H](O[C@H]4[C@H](OC(=O)[C@]56CCC(C)(C)C[C@H]5C5=CC[C@@H]7[C@@]8(C)C[C@H](O)[C@H](O[C@@H]9O[C@H](CO)[C@@H](O)[C@H](O[C@@H]%10O[C@H](CO)[C@@H](O)[C@H](O)[C@H]%10O)[C@H]9O)[C@@](C)(CO)[C@@H]8CC[C@@]7(C)[C@]5(C)C[C@H]6O)OC[C@H](O)[C@@H]4O)O[C@H]3C)OC[C@H]2O)[C@H](O)[C@H](O)[C@H]1O. The standard InChI is InChI=1S/C69H112O36/c1-24-37(78)42(83)45(86)58(95-24)100-51-31(76)22-93-57(47(51)88)99-50-25(2)96-60(49(90)53(50)102-56-44(85)38(79)29(74)20-92-56)103-54-39(80)30(75)21-94-62(54)105-63(91)69-14-13-64(3,4)15-27(69)26-9-10-35-65(5)16-28(73)55(66(6,23-72)34(65)11-12-67(35,7)68(26,8)17-36(69)77)104-61-48(89)52(41(82)33(19-71)98-61)101-59-46(87)43(84)40(81)32(18-70)97-59/h9,24-25,27-62,70-90H,10-23H2,1-8H3/t24-,25-,27-,28-,29+,30-,31+,32+,33+,34+,35+,36+,37-,38-,39-,40+,41+,42+,43-,44+,45+,46+,47+,48+,49+,50-,51-,52-,53-,54+,55-,56-,57-,58-,59-,60-,61-,62-,65-,66-,67+,68+,69+/m0/s1. The Morgan fingerprint density at radius 3 is 1.60 bits per heavy atom. The van der Waals surface area contributed by atoms with Gasteiger partial charge in [-0.2, -0.15) is 0 Å². The maximum atomic E-state index is 15.8. The smallest absolute Gasteiger partial charge is 0.317 e. The monoisotopic (exact) mass is 1520 g/mol. The highest BCUT2D eigenvalue weighted by atomic mass is 16.8. The highest BCUT2D eigenvalue weighted by Crippen LogP contribution is 2.76. The van der Waals surface area contributed by atoms with Crippen molar-refractivity contribution in [1.82, 2.24) is 0 Å². The first-order chi connectivity index (χ1) is 49.3. The minimum atomic E-state index is -2.12. The van der Waals surface area contributed by atoms with Crippen LogP contribution in [0.4, 0.5) is 0 Å². The molecule has 4 saturated carbocycles. The fourth-order valence-corrected chi connectivity index (χ4v) is 20.3. The average Bonchev–Trinajstić information content (AvgIpc) is 0.668. The van der Waals surface area contributed by atoms with Crippen molar-refractivity contribution in [2.75, 3.05) is 39.6 Å². The van der Waals surface area contributed by atoms with Crippen molar-refractivity contribution < 1.29 is 178 Å². The number of hydrogen-bond acceptors (Lipinski definition) is 36. The number of aliphatic hydroxyl groups is 21. The molecule has 0 amide bonds. The van der Waals surface area contributed by atoms with E-state index in [-0.39, 0.29) is 25.2 Å². The zero-order chi connectivity index (χ0) is 76.6.